The van der Waals surface area contributed by atoms with Crippen LogP contribution in [0.2, 0.25) is 0 Å². The Labute approximate surface area is 249 Å². The first-order valence-corrected chi connectivity index (χ1v) is 16.3. The first-order chi connectivity index (χ1) is 19.2. The maximum atomic E-state index is 10.8. The van der Waals surface area contributed by atoms with Gasteiger partial charge < -0.3 is 30.3 Å². The second-order valence-corrected chi connectivity index (χ2v) is 14.9. The zero-order chi connectivity index (χ0) is 30.4. The topological polar surface area (TPSA) is 110 Å². The third-order valence-corrected chi connectivity index (χ3v) is 10.3. The van der Waals surface area contributed by atoms with Gasteiger partial charge in [0.25, 0.3) is 0 Å². The summed E-state index contributed by atoms with van der Waals surface area (Å²) in [4.78, 5) is 0. The fourth-order valence-corrected chi connectivity index (χ4v) is 8.13. The van der Waals surface area contributed by atoms with Crippen molar-refractivity contribution in [1.82, 2.24) is 0 Å². The zero-order valence-corrected chi connectivity index (χ0v) is 26.6. The SMILES string of the molecule is C=C1/C(=C\C=C2/CCC[C@]3(C)[C@@H](C(CCCC(C)(C)O)CCCC(C)(C)O)CC[C@@H]23)C[C@@H](O)[C@H](OCCCO)[C@@H]1O. The summed E-state index contributed by atoms with van der Waals surface area (Å²) < 4.78 is 5.67. The van der Waals surface area contributed by atoms with Crippen molar-refractivity contribution in [1.29, 1.82) is 0 Å². The molecule has 41 heavy (non-hydrogen) atoms. The maximum absolute atomic E-state index is 10.8. The molecule has 3 rings (SSSR count). The Bertz CT molecular complexity index is 889. The van der Waals surface area contributed by atoms with Crippen LogP contribution in [0.3, 0.4) is 0 Å². The molecule has 0 aromatic carbocycles. The standard InChI is InChI=1S/C35H60O6/c1-24-27(23-30(37)32(31(24)38)41-22-10-21-36)15-14-26-13-9-20-35(6)28(16-17-29(26)35)25(11-7-18-33(2,3)39)12-8-19-34(4,5)40/h14-15,25,28-32,36-40H,1,7-13,16-23H2,2-6H3/b26-14+,27-15-/t28-,29+,30-,31-,32+,35-/m1/s1. The molecule has 236 valence electrons. The Morgan fingerprint density at radius 1 is 1.00 bits per heavy atom. The summed E-state index contributed by atoms with van der Waals surface area (Å²) in [6.07, 6.45) is 14.6. The van der Waals surface area contributed by atoms with Crippen molar-refractivity contribution in [2.24, 2.45) is 23.2 Å². The van der Waals surface area contributed by atoms with Crippen LogP contribution >= 0.6 is 0 Å². The Kier molecular flexibility index (Phi) is 12.3. The van der Waals surface area contributed by atoms with Crippen LogP contribution in [0.5, 0.6) is 0 Å². The first kappa shape index (κ1) is 34.5. The minimum Gasteiger partial charge on any atom is -0.396 e. The van der Waals surface area contributed by atoms with Gasteiger partial charge in [-0.2, -0.15) is 0 Å². The van der Waals surface area contributed by atoms with E-state index in [9.17, 15) is 20.4 Å². The van der Waals surface area contributed by atoms with Gasteiger partial charge in [-0.1, -0.05) is 56.9 Å². The zero-order valence-electron chi connectivity index (χ0n) is 26.6. The van der Waals surface area contributed by atoms with Gasteiger partial charge >= 0.3 is 0 Å². The highest BCUT2D eigenvalue weighted by molar-refractivity contribution is 5.40. The van der Waals surface area contributed by atoms with E-state index in [-0.39, 0.29) is 12.0 Å². The normalized spacial score (nSPS) is 33.2. The number of rotatable bonds is 14. The van der Waals surface area contributed by atoms with E-state index in [2.05, 4.69) is 25.7 Å². The van der Waals surface area contributed by atoms with Gasteiger partial charge in [0.15, 0.2) is 0 Å². The van der Waals surface area contributed by atoms with Crippen molar-refractivity contribution in [2.45, 2.75) is 148 Å². The van der Waals surface area contributed by atoms with Crippen LogP contribution in [0.25, 0.3) is 0 Å². The average Bonchev–Trinajstić information content (AvgIpc) is 3.22. The summed E-state index contributed by atoms with van der Waals surface area (Å²) in [5.74, 6) is 1.77. The lowest BCUT2D eigenvalue weighted by atomic mass is 9.60. The van der Waals surface area contributed by atoms with Crippen LogP contribution in [-0.2, 0) is 4.74 Å². The first-order valence-electron chi connectivity index (χ1n) is 16.3. The van der Waals surface area contributed by atoms with E-state index in [1.165, 1.54) is 31.3 Å². The summed E-state index contributed by atoms with van der Waals surface area (Å²) in [5.41, 5.74) is 1.96. The van der Waals surface area contributed by atoms with Crippen LogP contribution < -0.4 is 0 Å². The van der Waals surface area contributed by atoms with Gasteiger partial charge in [0.05, 0.1) is 17.3 Å². The van der Waals surface area contributed by atoms with E-state index < -0.39 is 29.5 Å². The Balaban J connectivity index is 1.74. The highest BCUT2D eigenvalue weighted by Gasteiger charge is 2.51. The molecule has 0 aliphatic heterocycles. The summed E-state index contributed by atoms with van der Waals surface area (Å²) in [6.45, 7) is 14.6. The van der Waals surface area contributed by atoms with Crippen LogP contribution in [0.4, 0.5) is 0 Å². The number of ether oxygens (including phenoxy) is 1. The van der Waals surface area contributed by atoms with Gasteiger partial charge in [-0.05, 0) is 113 Å². The molecule has 0 aromatic rings. The fourth-order valence-electron chi connectivity index (χ4n) is 8.13. The van der Waals surface area contributed by atoms with Crippen LogP contribution in [0.1, 0.15) is 118 Å². The van der Waals surface area contributed by atoms with Gasteiger partial charge in [0, 0.05) is 19.6 Å². The molecule has 5 N–H and O–H groups in total. The van der Waals surface area contributed by atoms with Crippen molar-refractivity contribution < 1.29 is 30.3 Å². The lowest BCUT2D eigenvalue weighted by molar-refractivity contribution is -0.0968. The fraction of sp³-hybridized carbons (Fsp3) is 0.829. The van der Waals surface area contributed by atoms with E-state index in [1.54, 1.807) is 0 Å². The smallest absolute Gasteiger partial charge is 0.114 e. The van der Waals surface area contributed by atoms with Gasteiger partial charge in [-0.25, -0.2) is 0 Å². The van der Waals surface area contributed by atoms with Crippen molar-refractivity contribution >= 4 is 0 Å². The molecular formula is C35H60O6. The van der Waals surface area contributed by atoms with Gasteiger partial charge in [-0.3, -0.25) is 0 Å². The lowest BCUT2D eigenvalue weighted by Crippen LogP contribution is -2.45. The summed E-state index contributed by atoms with van der Waals surface area (Å²) in [6, 6.07) is 0. The molecule has 0 unspecified atom stereocenters. The van der Waals surface area contributed by atoms with Crippen LogP contribution in [-0.4, -0.2) is 68.3 Å². The number of fused-ring (bicyclic) bond motifs is 1. The summed E-state index contributed by atoms with van der Waals surface area (Å²) >= 11 is 0. The molecule has 3 aliphatic carbocycles. The molecule has 0 heterocycles. The van der Waals surface area contributed by atoms with Crippen molar-refractivity contribution in [2.75, 3.05) is 13.2 Å². The molecule has 0 bridgehead atoms. The molecule has 0 amide bonds. The number of aliphatic hydroxyl groups excluding tert-OH is 3. The minimum absolute atomic E-state index is 0.0158. The average molecular weight is 577 g/mol. The molecule has 0 radical (unpaired) electrons. The molecule has 6 heteroatoms. The Morgan fingerprint density at radius 2 is 1.63 bits per heavy atom. The lowest BCUT2D eigenvalue weighted by Gasteiger charge is -2.45. The van der Waals surface area contributed by atoms with Crippen LogP contribution in [0, 0.1) is 23.2 Å². The highest BCUT2D eigenvalue weighted by Crippen LogP contribution is 2.60. The number of hydrogen-bond acceptors (Lipinski definition) is 6. The van der Waals surface area contributed by atoms with Crippen molar-refractivity contribution in [3.8, 4) is 0 Å². The van der Waals surface area contributed by atoms with E-state index >= 15 is 0 Å². The second kappa shape index (κ2) is 14.6. The minimum atomic E-state index is -0.955. The van der Waals surface area contributed by atoms with E-state index in [0.717, 1.165) is 50.5 Å². The Morgan fingerprint density at radius 3 is 2.22 bits per heavy atom. The maximum Gasteiger partial charge on any atom is 0.114 e. The molecular weight excluding hydrogens is 516 g/mol. The summed E-state index contributed by atoms with van der Waals surface area (Å²) in [7, 11) is 0. The van der Waals surface area contributed by atoms with Crippen LogP contribution in [0.15, 0.2) is 35.5 Å². The van der Waals surface area contributed by atoms with Gasteiger partial charge in [0.2, 0.25) is 0 Å². The molecule has 3 aliphatic rings. The quantitative estimate of drug-likeness (QED) is 0.162. The number of allylic oxidation sites excluding steroid dienone is 3. The molecule has 3 fully saturated rings. The molecule has 6 nitrogen and oxygen atoms in total. The molecule has 0 saturated heterocycles. The van der Waals surface area contributed by atoms with E-state index in [1.807, 2.05) is 27.7 Å². The van der Waals surface area contributed by atoms with Crippen molar-refractivity contribution in [3.63, 3.8) is 0 Å². The molecule has 3 saturated carbocycles. The largest absolute Gasteiger partial charge is 0.396 e. The number of hydrogen-bond donors (Lipinski definition) is 5. The van der Waals surface area contributed by atoms with Gasteiger partial charge in [-0.15, -0.1) is 0 Å². The second-order valence-electron chi connectivity index (χ2n) is 14.9. The van der Waals surface area contributed by atoms with E-state index in [0.29, 0.717) is 42.8 Å². The third-order valence-electron chi connectivity index (χ3n) is 10.3. The molecule has 0 aromatic heterocycles. The van der Waals surface area contributed by atoms with E-state index in [4.69, 9.17) is 9.84 Å². The van der Waals surface area contributed by atoms with Crippen molar-refractivity contribution in [3.05, 3.63) is 35.5 Å². The summed E-state index contributed by atoms with van der Waals surface area (Å²) in [5, 5.41) is 51.2. The Hall–Kier alpha value is -1.02. The predicted molar refractivity (Wildman–Crippen MR) is 165 cm³/mol. The monoisotopic (exact) mass is 576 g/mol. The predicted octanol–water partition coefficient (Wildman–Crippen LogP) is 6.00. The number of aliphatic hydroxyl groups is 5. The third kappa shape index (κ3) is 9.48. The molecule has 0 spiro atoms. The van der Waals surface area contributed by atoms with Gasteiger partial charge in [0.1, 0.15) is 12.2 Å². The molecule has 6 atom stereocenters. The highest BCUT2D eigenvalue weighted by atomic mass is 16.5.